The van der Waals surface area contributed by atoms with Crippen molar-refractivity contribution in [2.24, 2.45) is 5.92 Å². The van der Waals surface area contributed by atoms with Gasteiger partial charge in [-0.25, -0.2) is 0 Å². The minimum absolute atomic E-state index is 0.195. The van der Waals surface area contributed by atoms with E-state index in [0.717, 1.165) is 22.5 Å². The molecular formula is C11H12BrNOS. The van der Waals surface area contributed by atoms with Gasteiger partial charge in [0.2, 0.25) is 5.91 Å². The number of alkyl halides is 1. The predicted molar refractivity (Wildman–Crippen MR) is 67.9 cm³/mol. The molecule has 0 aromatic heterocycles. The quantitative estimate of drug-likeness (QED) is 0.654. The van der Waals surface area contributed by atoms with E-state index in [2.05, 4.69) is 28.6 Å². The van der Waals surface area contributed by atoms with Crippen molar-refractivity contribution in [1.82, 2.24) is 0 Å². The van der Waals surface area contributed by atoms with Crippen molar-refractivity contribution >= 4 is 40.2 Å². The van der Waals surface area contributed by atoms with Gasteiger partial charge in [-0.2, -0.15) is 0 Å². The fourth-order valence-corrected chi connectivity index (χ4v) is 2.53. The number of rotatable bonds is 2. The van der Waals surface area contributed by atoms with Gasteiger partial charge in [0.1, 0.15) is 0 Å². The molecule has 1 aromatic carbocycles. The van der Waals surface area contributed by atoms with E-state index in [4.69, 9.17) is 0 Å². The van der Waals surface area contributed by atoms with Gasteiger partial charge >= 0.3 is 0 Å². The molecule has 1 fully saturated rings. The Bertz CT molecular complexity index is 383. The van der Waals surface area contributed by atoms with Crippen molar-refractivity contribution < 1.29 is 4.79 Å². The number of halogens is 1. The van der Waals surface area contributed by atoms with Gasteiger partial charge in [0.15, 0.2) is 0 Å². The SMILES string of the molecule is O=C1CC(CBr)CN1c1ccccc1S. The number of amides is 1. The second kappa shape index (κ2) is 4.58. The van der Waals surface area contributed by atoms with E-state index in [1.165, 1.54) is 0 Å². The third-order valence-electron chi connectivity index (χ3n) is 2.60. The first-order valence-corrected chi connectivity index (χ1v) is 6.43. The zero-order valence-electron chi connectivity index (χ0n) is 8.19. The Morgan fingerprint density at radius 3 is 2.80 bits per heavy atom. The van der Waals surface area contributed by atoms with Gasteiger partial charge in [-0.15, -0.1) is 12.6 Å². The molecular weight excluding hydrogens is 274 g/mol. The average molecular weight is 286 g/mol. The highest BCUT2D eigenvalue weighted by Crippen LogP contribution is 2.30. The molecule has 1 aliphatic heterocycles. The van der Waals surface area contributed by atoms with E-state index in [-0.39, 0.29) is 5.91 Å². The van der Waals surface area contributed by atoms with Crippen LogP contribution >= 0.6 is 28.6 Å². The van der Waals surface area contributed by atoms with E-state index >= 15 is 0 Å². The monoisotopic (exact) mass is 285 g/mol. The third-order valence-corrected chi connectivity index (χ3v) is 3.89. The van der Waals surface area contributed by atoms with Crippen molar-refractivity contribution in [3.05, 3.63) is 24.3 Å². The maximum atomic E-state index is 11.8. The standard InChI is InChI=1S/C11H12BrNOS/c12-6-8-5-11(14)13(7-8)9-3-1-2-4-10(9)15/h1-4,8,15H,5-7H2. The van der Waals surface area contributed by atoms with Gasteiger partial charge in [-0.1, -0.05) is 28.1 Å². The van der Waals surface area contributed by atoms with Crippen LogP contribution in [0.5, 0.6) is 0 Å². The van der Waals surface area contributed by atoms with Crippen LogP contribution in [0.15, 0.2) is 29.2 Å². The summed E-state index contributed by atoms with van der Waals surface area (Å²) in [6.07, 6.45) is 0.632. The van der Waals surface area contributed by atoms with Crippen LogP contribution in [0, 0.1) is 5.92 Å². The van der Waals surface area contributed by atoms with Crippen LogP contribution in [0.1, 0.15) is 6.42 Å². The number of para-hydroxylation sites is 1. The lowest BCUT2D eigenvalue weighted by atomic mass is 10.2. The Labute approximate surface area is 103 Å². The molecule has 0 N–H and O–H groups in total. The maximum absolute atomic E-state index is 11.8. The van der Waals surface area contributed by atoms with Crippen LogP contribution in [0.3, 0.4) is 0 Å². The van der Waals surface area contributed by atoms with Gasteiger partial charge in [0.05, 0.1) is 5.69 Å². The number of hydrogen-bond donors (Lipinski definition) is 1. The van der Waals surface area contributed by atoms with E-state index < -0.39 is 0 Å². The predicted octanol–water partition coefficient (Wildman–Crippen LogP) is 2.72. The minimum Gasteiger partial charge on any atom is -0.311 e. The summed E-state index contributed by atoms with van der Waals surface area (Å²) in [7, 11) is 0. The van der Waals surface area contributed by atoms with Gasteiger partial charge in [0, 0.05) is 23.2 Å². The van der Waals surface area contributed by atoms with Crippen LogP contribution in [0.25, 0.3) is 0 Å². The molecule has 15 heavy (non-hydrogen) atoms. The molecule has 80 valence electrons. The maximum Gasteiger partial charge on any atom is 0.227 e. The first-order chi connectivity index (χ1) is 7.22. The molecule has 4 heteroatoms. The number of anilines is 1. The van der Waals surface area contributed by atoms with Crippen molar-refractivity contribution in [3.8, 4) is 0 Å². The smallest absolute Gasteiger partial charge is 0.227 e. The zero-order valence-corrected chi connectivity index (χ0v) is 10.7. The number of carbonyl (C=O) groups is 1. The number of hydrogen-bond acceptors (Lipinski definition) is 2. The minimum atomic E-state index is 0.195. The number of thiol groups is 1. The Morgan fingerprint density at radius 1 is 1.47 bits per heavy atom. The first-order valence-electron chi connectivity index (χ1n) is 4.86. The molecule has 1 atom stereocenters. The molecule has 0 radical (unpaired) electrons. The Kier molecular flexibility index (Phi) is 3.36. The highest BCUT2D eigenvalue weighted by Gasteiger charge is 2.30. The fraction of sp³-hybridized carbons (Fsp3) is 0.364. The van der Waals surface area contributed by atoms with E-state index in [1.54, 1.807) is 0 Å². The molecule has 0 saturated carbocycles. The molecule has 2 rings (SSSR count). The van der Waals surface area contributed by atoms with Crippen LogP contribution in [-0.4, -0.2) is 17.8 Å². The normalized spacial score (nSPS) is 21.1. The van der Waals surface area contributed by atoms with Crippen molar-refractivity contribution in [2.45, 2.75) is 11.3 Å². The highest BCUT2D eigenvalue weighted by atomic mass is 79.9. The summed E-state index contributed by atoms with van der Waals surface area (Å²) in [6, 6.07) is 7.71. The molecule has 1 amide bonds. The van der Waals surface area contributed by atoms with Crippen molar-refractivity contribution in [2.75, 3.05) is 16.8 Å². The summed E-state index contributed by atoms with van der Waals surface area (Å²) in [5.41, 5.74) is 0.925. The van der Waals surface area contributed by atoms with Crippen LogP contribution in [0.4, 0.5) is 5.69 Å². The number of carbonyl (C=O) groups excluding carboxylic acids is 1. The number of nitrogens with zero attached hydrogens (tertiary/aromatic N) is 1. The molecule has 0 spiro atoms. The zero-order chi connectivity index (χ0) is 10.8. The molecule has 2 nitrogen and oxygen atoms in total. The third kappa shape index (κ3) is 2.21. The van der Waals surface area contributed by atoms with Crippen LogP contribution < -0.4 is 4.90 Å². The summed E-state index contributed by atoms with van der Waals surface area (Å²) in [5.74, 6) is 0.617. The second-order valence-corrected chi connectivity index (χ2v) is 4.85. The van der Waals surface area contributed by atoms with E-state index in [0.29, 0.717) is 12.3 Å². The van der Waals surface area contributed by atoms with Crippen LogP contribution in [-0.2, 0) is 4.79 Å². The summed E-state index contributed by atoms with van der Waals surface area (Å²) in [6.45, 7) is 0.793. The Balaban J connectivity index is 2.25. The molecule has 1 aliphatic rings. The van der Waals surface area contributed by atoms with E-state index in [9.17, 15) is 4.79 Å². The first kappa shape index (κ1) is 11.0. The summed E-state index contributed by atoms with van der Waals surface area (Å²) >= 11 is 7.79. The molecule has 0 bridgehead atoms. The van der Waals surface area contributed by atoms with E-state index in [1.807, 2.05) is 29.2 Å². The molecule has 1 aromatic rings. The average Bonchev–Trinajstić information content (AvgIpc) is 2.60. The van der Waals surface area contributed by atoms with Gasteiger partial charge in [-0.05, 0) is 18.1 Å². The Hall–Kier alpha value is -0.480. The largest absolute Gasteiger partial charge is 0.311 e. The fourth-order valence-electron chi connectivity index (χ4n) is 1.81. The Morgan fingerprint density at radius 2 is 2.20 bits per heavy atom. The second-order valence-electron chi connectivity index (χ2n) is 3.72. The topological polar surface area (TPSA) is 20.3 Å². The van der Waals surface area contributed by atoms with Crippen molar-refractivity contribution in [3.63, 3.8) is 0 Å². The number of benzene rings is 1. The highest BCUT2D eigenvalue weighted by molar-refractivity contribution is 9.09. The molecule has 0 aliphatic carbocycles. The summed E-state index contributed by atoms with van der Waals surface area (Å²) < 4.78 is 0. The summed E-state index contributed by atoms with van der Waals surface area (Å²) in [5, 5.41) is 0.879. The van der Waals surface area contributed by atoms with Crippen molar-refractivity contribution in [1.29, 1.82) is 0 Å². The lowest BCUT2D eigenvalue weighted by molar-refractivity contribution is -0.117. The lowest BCUT2D eigenvalue weighted by Gasteiger charge is -2.18. The molecule has 1 heterocycles. The van der Waals surface area contributed by atoms with Gasteiger partial charge in [-0.3, -0.25) is 4.79 Å². The van der Waals surface area contributed by atoms with Gasteiger partial charge in [0.25, 0.3) is 0 Å². The summed E-state index contributed by atoms with van der Waals surface area (Å²) in [4.78, 5) is 14.5. The lowest BCUT2D eigenvalue weighted by Crippen LogP contribution is -2.24. The molecule has 1 unspecified atom stereocenters. The molecule has 1 saturated heterocycles. The van der Waals surface area contributed by atoms with Gasteiger partial charge < -0.3 is 4.90 Å². The van der Waals surface area contributed by atoms with Crippen LogP contribution in [0.2, 0.25) is 0 Å².